The normalized spacial score (nSPS) is 19.3. The molecule has 0 aliphatic carbocycles. The molecule has 1 fully saturated rings. The lowest BCUT2D eigenvalue weighted by Crippen LogP contribution is -2.37. The summed E-state index contributed by atoms with van der Waals surface area (Å²) in [7, 11) is 0. The monoisotopic (exact) mass is 310 g/mol. The van der Waals surface area contributed by atoms with Gasteiger partial charge in [-0.2, -0.15) is 0 Å². The van der Waals surface area contributed by atoms with E-state index in [9.17, 15) is 4.79 Å². The molecule has 1 heterocycles. The molecular formula is C16H23ClN2O2. The highest BCUT2D eigenvalue weighted by molar-refractivity contribution is 6.31. The molecule has 116 valence electrons. The van der Waals surface area contributed by atoms with E-state index < -0.39 is 6.10 Å². The van der Waals surface area contributed by atoms with Crippen molar-refractivity contribution in [1.29, 1.82) is 0 Å². The Balaban J connectivity index is 1.74. The molecule has 4 nitrogen and oxygen atoms in total. The molecule has 0 aromatic heterocycles. The van der Waals surface area contributed by atoms with Gasteiger partial charge in [0, 0.05) is 11.6 Å². The SMILES string of the molecule is Cc1cc(OC(C)C(=O)NCCC2CCNC2)ccc1Cl. The minimum atomic E-state index is -0.507. The Labute approximate surface area is 131 Å². The van der Waals surface area contributed by atoms with E-state index in [1.165, 1.54) is 6.42 Å². The van der Waals surface area contributed by atoms with Crippen molar-refractivity contribution in [3.05, 3.63) is 28.8 Å². The van der Waals surface area contributed by atoms with Gasteiger partial charge in [-0.3, -0.25) is 4.79 Å². The van der Waals surface area contributed by atoms with E-state index in [4.69, 9.17) is 16.3 Å². The van der Waals surface area contributed by atoms with Gasteiger partial charge >= 0.3 is 0 Å². The van der Waals surface area contributed by atoms with E-state index in [1.807, 2.05) is 13.0 Å². The van der Waals surface area contributed by atoms with Crippen LogP contribution < -0.4 is 15.4 Å². The third-order valence-electron chi connectivity index (χ3n) is 3.83. The first-order valence-electron chi connectivity index (χ1n) is 7.47. The minimum Gasteiger partial charge on any atom is -0.481 e. The number of hydrogen-bond acceptors (Lipinski definition) is 3. The van der Waals surface area contributed by atoms with Crippen LogP contribution >= 0.6 is 11.6 Å². The Morgan fingerprint density at radius 3 is 3.05 bits per heavy atom. The largest absolute Gasteiger partial charge is 0.481 e. The Morgan fingerprint density at radius 2 is 2.38 bits per heavy atom. The summed E-state index contributed by atoms with van der Waals surface area (Å²) in [6.45, 7) is 6.53. The van der Waals surface area contributed by atoms with Gasteiger partial charge in [0.1, 0.15) is 5.75 Å². The van der Waals surface area contributed by atoms with E-state index in [0.717, 1.165) is 25.1 Å². The molecule has 1 aromatic carbocycles. The molecule has 0 spiro atoms. The number of benzene rings is 1. The van der Waals surface area contributed by atoms with Crippen molar-refractivity contribution in [3.63, 3.8) is 0 Å². The third kappa shape index (κ3) is 4.90. The Hall–Kier alpha value is -1.26. The molecule has 0 radical (unpaired) electrons. The second-order valence-corrected chi connectivity index (χ2v) is 6.02. The van der Waals surface area contributed by atoms with Crippen LogP contribution in [0.25, 0.3) is 0 Å². The van der Waals surface area contributed by atoms with Crippen molar-refractivity contribution < 1.29 is 9.53 Å². The van der Waals surface area contributed by atoms with E-state index in [0.29, 0.717) is 23.2 Å². The molecule has 1 amide bonds. The van der Waals surface area contributed by atoms with Gasteiger partial charge < -0.3 is 15.4 Å². The Kier molecular flexibility index (Phi) is 5.88. The molecule has 21 heavy (non-hydrogen) atoms. The minimum absolute atomic E-state index is 0.0754. The maximum atomic E-state index is 12.0. The van der Waals surface area contributed by atoms with Crippen molar-refractivity contribution in [2.45, 2.75) is 32.8 Å². The van der Waals surface area contributed by atoms with Crippen LogP contribution in [0.4, 0.5) is 0 Å². The number of nitrogens with one attached hydrogen (secondary N) is 2. The number of carbonyl (C=O) groups is 1. The van der Waals surface area contributed by atoms with Crippen molar-refractivity contribution in [3.8, 4) is 5.75 Å². The van der Waals surface area contributed by atoms with Crippen molar-refractivity contribution in [2.75, 3.05) is 19.6 Å². The van der Waals surface area contributed by atoms with E-state index in [1.54, 1.807) is 19.1 Å². The van der Waals surface area contributed by atoms with Gasteiger partial charge in [0.25, 0.3) is 5.91 Å². The first-order chi connectivity index (χ1) is 10.1. The Morgan fingerprint density at radius 1 is 1.57 bits per heavy atom. The lowest BCUT2D eigenvalue weighted by molar-refractivity contribution is -0.127. The summed E-state index contributed by atoms with van der Waals surface area (Å²) in [5.41, 5.74) is 0.940. The molecule has 2 N–H and O–H groups in total. The summed E-state index contributed by atoms with van der Waals surface area (Å²) in [6.07, 6.45) is 1.71. The van der Waals surface area contributed by atoms with E-state index in [2.05, 4.69) is 10.6 Å². The molecule has 1 saturated heterocycles. The molecule has 0 bridgehead atoms. The molecule has 0 saturated carbocycles. The van der Waals surface area contributed by atoms with Gasteiger partial charge in [0.2, 0.25) is 0 Å². The van der Waals surface area contributed by atoms with E-state index >= 15 is 0 Å². The maximum absolute atomic E-state index is 12.0. The lowest BCUT2D eigenvalue weighted by atomic mass is 10.1. The zero-order valence-corrected chi connectivity index (χ0v) is 13.4. The zero-order chi connectivity index (χ0) is 15.2. The van der Waals surface area contributed by atoms with Gasteiger partial charge in [-0.1, -0.05) is 11.6 Å². The van der Waals surface area contributed by atoms with Gasteiger partial charge in [-0.15, -0.1) is 0 Å². The van der Waals surface area contributed by atoms with E-state index in [-0.39, 0.29) is 5.91 Å². The molecule has 2 atom stereocenters. The quantitative estimate of drug-likeness (QED) is 0.849. The molecular weight excluding hydrogens is 288 g/mol. The molecule has 5 heteroatoms. The highest BCUT2D eigenvalue weighted by Crippen LogP contribution is 2.21. The molecule has 1 aliphatic heterocycles. The zero-order valence-electron chi connectivity index (χ0n) is 12.6. The Bertz CT molecular complexity index is 487. The van der Waals surface area contributed by atoms with Gasteiger partial charge in [0.05, 0.1) is 0 Å². The fourth-order valence-corrected chi connectivity index (χ4v) is 2.57. The van der Waals surface area contributed by atoms with Gasteiger partial charge in [-0.05, 0) is 69.5 Å². The van der Waals surface area contributed by atoms with Crippen LogP contribution in [0.2, 0.25) is 5.02 Å². The average Bonchev–Trinajstić information content (AvgIpc) is 2.96. The summed E-state index contributed by atoms with van der Waals surface area (Å²) in [5.74, 6) is 1.27. The standard InChI is InChI=1S/C16H23ClN2O2/c1-11-9-14(3-4-15(11)17)21-12(2)16(20)19-8-6-13-5-7-18-10-13/h3-4,9,12-13,18H,5-8,10H2,1-2H3,(H,19,20). The number of aryl methyl sites for hydroxylation is 1. The predicted octanol–water partition coefficient (Wildman–Crippen LogP) is 2.53. The highest BCUT2D eigenvalue weighted by Gasteiger charge is 2.17. The maximum Gasteiger partial charge on any atom is 0.260 e. The van der Waals surface area contributed by atoms with Crippen LogP contribution in [0.15, 0.2) is 18.2 Å². The average molecular weight is 311 g/mol. The number of carbonyl (C=O) groups excluding carboxylic acids is 1. The van der Waals surface area contributed by atoms with Crippen LogP contribution in [0.3, 0.4) is 0 Å². The van der Waals surface area contributed by atoms with Crippen LogP contribution in [0.5, 0.6) is 5.75 Å². The summed E-state index contributed by atoms with van der Waals surface area (Å²) >= 11 is 5.97. The number of hydrogen-bond donors (Lipinski definition) is 2. The molecule has 2 rings (SSSR count). The fourth-order valence-electron chi connectivity index (χ4n) is 2.45. The topological polar surface area (TPSA) is 50.4 Å². The van der Waals surface area contributed by atoms with Crippen molar-refractivity contribution in [1.82, 2.24) is 10.6 Å². The summed E-state index contributed by atoms with van der Waals surface area (Å²) < 4.78 is 5.65. The lowest BCUT2D eigenvalue weighted by Gasteiger charge is -2.16. The molecule has 1 aromatic rings. The number of amides is 1. The summed E-state index contributed by atoms with van der Waals surface area (Å²) in [6, 6.07) is 5.41. The van der Waals surface area contributed by atoms with Gasteiger partial charge in [-0.25, -0.2) is 0 Å². The summed E-state index contributed by atoms with van der Waals surface area (Å²) in [5, 5.41) is 6.96. The van der Waals surface area contributed by atoms with Crippen LogP contribution in [-0.4, -0.2) is 31.6 Å². The van der Waals surface area contributed by atoms with Crippen molar-refractivity contribution >= 4 is 17.5 Å². The molecule has 1 aliphatic rings. The second-order valence-electron chi connectivity index (χ2n) is 5.61. The van der Waals surface area contributed by atoms with Crippen LogP contribution in [0.1, 0.15) is 25.3 Å². The second kappa shape index (κ2) is 7.66. The van der Waals surface area contributed by atoms with Crippen molar-refractivity contribution in [2.24, 2.45) is 5.92 Å². The number of ether oxygens (including phenoxy) is 1. The fraction of sp³-hybridized carbons (Fsp3) is 0.562. The number of rotatable bonds is 6. The first-order valence-corrected chi connectivity index (χ1v) is 7.85. The van der Waals surface area contributed by atoms with Gasteiger partial charge in [0.15, 0.2) is 6.10 Å². The first kappa shape index (κ1) is 16.1. The summed E-state index contributed by atoms with van der Waals surface area (Å²) in [4.78, 5) is 12.0. The molecule has 2 unspecified atom stereocenters. The number of halogens is 1. The van der Waals surface area contributed by atoms with Crippen LogP contribution in [0, 0.1) is 12.8 Å². The smallest absolute Gasteiger partial charge is 0.260 e. The highest BCUT2D eigenvalue weighted by atomic mass is 35.5. The predicted molar refractivity (Wildman–Crippen MR) is 84.9 cm³/mol. The van der Waals surface area contributed by atoms with Crippen LogP contribution in [-0.2, 0) is 4.79 Å². The third-order valence-corrected chi connectivity index (χ3v) is 4.25.